The number of rotatable bonds is 9. The van der Waals surface area contributed by atoms with Crippen molar-refractivity contribution in [3.05, 3.63) is 59.2 Å². The molecule has 0 spiro atoms. The van der Waals surface area contributed by atoms with E-state index in [1.54, 1.807) is 14.2 Å². The van der Waals surface area contributed by atoms with Gasteiger partial charge in [-0.2, -0.15) is 0 Å². The van der Waals surface area contributed by atoms with E-state index in [9.17, 15) is 0 Å². The number of aliphatic hydroxyl groups excluding tert-OH is 1. The Bertz CT molecular complexity index is 585. The minimum Gasteiger partial charge on any atom is -0.497 e. The van der Waals surface area contributed by atoms with Crippen molar-refractivity contribution >= 4 is 0 Å². The van der Waals surface area contributed by atoms with Gasteiger partial charge >= 0.3 is 0 Å². The van der Waals surface area contributed by atoms with E-state index in [1.807, 2.05) is 6.07 Å². The molecule has 0 aromatic heterocycles. The summed E-state index contributed by atoms with van der Waals surface area (Å²) in [5, 5.41) is 8.94. The number of benzene rings is 2. The van der Waals surface area contributed by atoms with Crippen molar-refractivity contribution in [3.8, 4) is 11.5 Å². The van der Waals surface area contributed by atoms with Crippen LogP contribution in [0.15, 0.2) is 42.5 Å². The minimum absolute atomic E-state index is 0.270. The Balaban J connectivity index is 2.05. The van der Waals surface area contributed by atoms with Crippen LogP contribution in [0.2, 0.25) is 0 Å². The summed E-state index contributed by atoms with van der Waals surface area (Å²) in [5.74, 6) is 1.66. The number of methoxy groups -OCH3 is 2. The van der Waals surface area contributed by atoms with Crippen molar-refractivity contribution in [2.45, 2.75) is 32.1 Å². The van der Waals surface area contributed by atoms with Crippen LogP contribution in [0, 0.1) is 0 Å². The molecular weight excluding hydrogens is 288 g/mol. The third-order valence-electron chi connectivity index (χ3n) is 4.07. The Morgan fingerprint density at radius 3 is 1.96 bits per heavy atom. The molecule has 0 atom stereocenters. The van der Waals surface area contributed by atoms with Crippen LogP contribution in [-0.2, 0) is 19.3 Å². The van der Waals surface area contributed by atoms with Gasteiger partial charge in [0.15, 0.2) is 0 Å². The highest BCUT2D eigenvalue weighted by molar-refractivity contribution is 5.39. The molecule has 0 aliphatic rings. The highest BCUT2D eigenvalue weighted by atomic mass is 16.5. The second kappa shape index (κ2) is 9.21. The van der Waals surface area contributed by atoms with Crippen molar-refractivity contribution in [1.29, 1.82) is 0 Å². The topological polar surface area (TPSA) is 38.7 Å². The van der Waals surface area contributed by atoms with E-state index in [0.29, 0.717) is 0 Å². The van der Waals surface area contributed by atoms with Gasteiger partial charge in [0.25, 0.3) is 0 Å². The monoisotopic (exact) mass is 314 g/mol. The third kappa shape index (κ3) is 5.29. The normalized spacial score (nSPS) is 10.6. The molecule has 3 heteroatoms. The van der Waals surface area contributed by atoms with Crippen LogP contribution < -0.4 is 9.47 Å². The van der Waals surface area contributed by atoms with Gasteiger partial charge in [-0.1, -0.05) is 24.3 Å². The molecule has 3 nitrogen and oxygen atoms in total. The average Bonchev–Trinajstić information content (AvgIpc) is 2.60. The quantitative estimate of drug-likeness (QED) is 0.715. The predicted molar refractivity (Wildman–Crippen MR) is 93.4 cm³/mol. The number of hydrogen-bond donors (Lipinski definition) is 1. The smallest absolute Gasteiger partial charge is 0.122 e. The summed E-state index contributed by atoms with van der Waals surface area (Å²) in [5.41, 5.74) is 3.98. The van der Waals surface area contributed by atoms with E-state index < -0.39 is 0 Å². The molecule has 0 amide bonds. The summed E-state index contributed by atoms with van der Waals surface area (Å²) in [6.45, 7) is 0.270. The van der Waals surface area contributed by atoms with Crippen LogP contribution in [-0.4, -0.2) is 25.9 Å². The van der Waals surface area contributed by atoms with Crippen LogP contribution in [0.4, 0.5) is 0 Å². The summed E-state index contributed by atoms with van der Waals surface area (Å²) in [7, 11) is 3.35. The molecule has 0 aliphatic heterocycles. The molecule has 1 N–H and O–H groups in total. The Labute approximate surface area is 138 Å². The Hall–Kier alpha value is -2.00. The predicted octanol–water partition coefficient (Wildman–Crippen LogP) is 3.80. The molecule has 2 aromatic carbocycles. The lowest BCUT2D eigenvalue weighted by atomic mass is 9.96. The number of ether oxygens (including phenoxy) is 2. The molecule has 0 heterocycles. The lowest BCUT2D eigenvalue weighted by molar-refractivity contribution is 0.284. The van der Waals surface area contributed by atoms with E-state index in [-0.39, 0.29) is 6.61 Å². The SMILES string of the molecule is COc1cc(CCc2ccccc2CCCCO)cc(OC)c1. The van der Waals surface area contributed by atoms with E-state index in [1.165, 1.54) is 16.7 Å². The van der Waals surface area contributed by atoms with Crippen molar-refractivity contribution < 1.29 is 14.6 Å². The fourth-order valence-corrected chi connectivity index (χ4v) is 2.76. The largest absolute Gasteiger partial charge is 0.497 e. The van der Waals surface area contributed by atoms with Crippen molar-refractivity contribution in [3.63, 3.8) is 0 Å². The maximum absolute atomic E-state index is 8.94. The number of hydrogen-bond acceptors (Lipinski definition) is 3. The first-order valence-corrected chi connectivity index (χ1v) is 8.16. The molecule has 2 aromatic rings. The van der Waals surface area contributed by atoms with Crippen molar-refractivity contribution in [2.75, 3.05) is 20.8 Å². The summed E-state index contributed by atoms with van der Waals surface area (Å²) in [6, 6.07) is 14.6. The van der Waals surface area contributed by atoms with E-state index in [0.717, 1.165) is 43.6 Å². The Morgan fingerprint density at radius 2 is 1.39 bits per heavy atom. The van der Waals surface area contributed by atoms with Gasteiger partial charge in [0.1, 0.15) is 11.5 Å². The lowest BCUT2D eigenvalue weighted by Crippen LogP contribution is -1.99. The number of unbranched alkanes of at least 4 members (excludes halogenated alkanes) is 1. The van der Waals surface area contributed by atoms with Crippen molar-refractivity contribution in [2.24, 2.45) is 0 Å². The zero-order valence-electron chi connectivity index (χ0n) is 14.0. The average molecular weight is 314 g/mol. The summed E-state index contributed by atoms with van der Waals surface area (Å²) >= 11 is 0. The first-order chi connectivity index (χ1) is 11.3. The maximum atomic E-state index is 8.94. The van der Waals surface area contributed by atoms with Gasteiger partial charge < -0.3 is 14.6 Å². The van der Waals surface area contributed by atoms with E-state index in [2.05, 4.69) is 36.4 Å². The molecule has 0 saturated heterocycles. The molecule has 2 rings (SSSR count). The summed E-state index contributed by atoms with van der Waals surface area (Å²) < 4.78 is 10.7. The molecule has 0 aliphatic carbocycles. The second-order valence-corrected chi connectivity index (χ2v) is 5.67. The first-order valence-electron chi connectivity index (χ1n) is 8.16. The van der Waals surface area contributed by atoms with Gasteiger partial charge in [0, 0.05) is 12.7 Å². The number of aliphatic hydroxyl groups is 1. The second-order valence-electron chi connectivity index (χ2n) is 5.67. The van der Waals surface area contributed by atoms with Crippen LogP contribution in [0.5, 0.6) is 11.5 Å². The van der Waals surface area contributed by atoms with Gasteiger partial charge in [-0.15, -0.1) is 0 Å². The van der Waals surface area contributed by atoms with Gasteiger partial charge in [0.2, 0.25) is 0 Å². The van der Waals surface area contributed by atoms with Crippen molar-refractivity contribution in [1.82, 2.24) is 0 Å². The standard InChI is InChI=1S/C20H26O3/c1-22-19-13-16(14-20(15-19)23-2)10-11-18-8-4-3-7-17(18)9-5-6-12-21/h3-4,7-8,13-15,21H,5-6,9-12H2,1-2H3. The molecule has 0 bridgehead atoms. The minimum atomic E-state index is 0.270. The molecule has 0 unspecified atom stereocenters. The van der Waals surface area contributed by atoms with Gasteiger partial charge in [-0.05, 0) is 60.9 Å². The van der Waals surface area contributed by atoms with Gasteiger partial charge in [-0.25, -0.2) is 0 Å². The first kappa shape index (κ1) is 17.4. The molecule has 23 heavy (non-hydrogen) atoms. The molecule has 124 valence electrons. The van der Waals surface area contributed by atoms with Gasteiger partial charge in [-0.3, -0.25) is 0 Å². The number of aryl methyl sites for hydroxylation is 3. The zero-order valence-corrected chi connectivity index (χ0v) is 14.0. The highest BCUT2D eigenvalue weighted by Crippen LogP contribution is 2.24. The molecular formula is C20H26O3. The van der Waals surface area contributed by atoms with E-state index >= 15 is 0 Å². The summed E-state index contributed by atoms with van der Waals surface area (Å²) in [6.07, 6.45) is 4.86. The Kier molecular flexibility index (Phi) is 6.95. The van der Waals surface area contributed by atoms with Crippen LogP contribution in [0.25, 0.3) is 0 Å². The zero-order chi connectivity index (χ0) is 16.5. The Morgan fingerprint density at radius 1 is 0.783 bits per heavy atom. The van der Waals surface area contributed by atoms with Crippen LogP contribution in [0.3, 0.4) is 0 Å². The fraction of sp³-hybridized carbons (Fsp3) is 0.400. The lowest BCUT2D eigenvalue weighted by Gasteiger charge is -2.11. The molecule has 0 saturated carbocycles. The molecule has 0 radical (unpaired) electrons. The van der Waals surface area contributed by atoms with Crippen LogP contribution in [0.1, 0.15) is 29.5 Å². The third-order valence-corrected chi connectivity index (χ3v) is 4.07. The fourth-order valence-electron chi connectivity index (χ4n) is 2.76. The van der Waals surface area contributed by atoms with Gasteiger partial charge in [0.05, 0.1) is 14.2 Å². The van der Waals surface area contributed by atoms with E-state index in [4.69, 9.17) is 14.6 Å². The highest BCUT2D eigenvalue weighted by Gasteiger charge is 2.05. The summed E-state index contributed by atoms with van der Waals surface area (Å²) in [4.78, 5) is 0. The van der Waals surface area contributed by atoms with Crippen LogP contribution >= 0.6 is 0 Å². The molecule has 0 fully saturated rings. The maximum Gasteiger partial charge on any atom is 0.122 e.